The number of carbonyl (C=O) groups excluding carboxylic acids is 1. The van der Waals surface area contributed by atoms with Gasteiger partial charge in [0.05, 0.1) is 12.2 Å². The quantitative estimate of drug-likeness (QED) is 0.366. The average molecular weight is 446 g/mol. The van der Waals surface area contributed by atoms with E-state index in [0.29, 0.717) is 17.4 Å². The van der Waals surface area contributed by atoms with Crippen molar-refractivity contribution in [2.75, 3.05) is 0 Å². The van der Waals surface area contributed by atoms with Gasteiger partial charge in [-0.25, -0.2) is 0 Å². The zero-order chi connectivity index (χ0) is 23.4. The standard InChI is InChI=1S/C30H27N3O/c1-18-7-8-25-22(9-19(18)2)11-23(12-26(25)24-10-21(17-34)13-31-14-24)27-15-33-16-29(33)30(27)28-6-4-5-20(3)32-28/h4-6,8-15,17-19H,7,16H2,1-3H3. The van der Waals surface area contributed by atoms with Crippen molar-refractivity contribution in [3.63, 3.8) is 0 Å². The van der Waals surface area contributed by atoms with E-state index in [1.54, 1.807) is 6.20 Å². The Bertz CT molecular complexity index is 1580. The molecule has 1 aromatic carbocycles. The van der Waals surface area contributed by atoms with Gasteiger partial charge in [-0.1, -0.05) is 32.1 Å². The molecule has 4 nitrogen and oxygen atoms in total. The third-order valence-electron chi connectivity index (χ3n) is 7.31. The lowest BCUT2D eigenvalue weighted by Gasteiger charge is -2.12. The molecule has 1 aliphatic heterocycles. The Hall–Kier alpha value is -3.79. The molecule has 4 aromatic rings. The van der Waals surface area contributed by atoms with E-state index in [9.17, 15) is 4.79 Å². The van der Waals surface area contributed by atoms with Crippen LogP contribution in [0.15, 0.2) is 55.0 Å². The highest BCUT2D eigenvalue weighted by Crippen LogP contribution is 2.42. The van der Waals surface area contributed by atoms with E-state index in [2.05, 4.69) is 66.0 Å². The Balaban J connectivity index is 1.63. The Morgan fingerprint density at radius 3 is 2.76 bits per heavy atom. The summed E-state index contributed by atoms with van der Waals surface area (Å²) in [4.78, 5) is 20.7. The second-order valence-corrected chi connectivity index (χ2v) is 9.75. The molecule has 0 N–H and O–H groups in total. The summed E-state index contributed by atoms with van der Waals surface area (Å²) in [5, 5.41) is 2.48. The van der Waals surface area contributed by atoms with Crippen molar-refractivity contribution in [3.8, 4) is 33.5 Å². The molecule has 4 heterocycles. The fourth-order valence-electron chi connectivity index (χ4n) is 5.11. The summed E-state index contributed by atoms with van der Waals surface area (Å²) in [6.07, 6.45) is 12.4. The van der Waals surface area contributed by atoms with Gasteiger partial charge in [-0.3, -0.25) is 14.8 Å². The third-order valence-corrected chi connectivity index (χ3v) is 7.31. The summed E-state index contributed by atoms with van der Waals surface area (Å²) < 4.78 is 2.30. The van der Waals surface area contributed by atoms with E-state index in [1.807, 2.05) is 25.3 Å². The number of pyridine rings is 2. The van der Waals surface area contributed by atoms with Gasteiger partial charge in [0, 0.05) is 52.2 Å². The molecule has 6 rings (SSSR count). The van der Waals surface area contributed by atoms with Gasteiger partial charge in [0.2, 0.25) is 0 Å². The Morgan fingerprint density at radius 1 is 1.06 bits per heavy atom. The minimum absolute atomic E-state index is 0.478. The second-order valence-electron chi connectivity index (χ2n) is 9.75. The van der Waals surface area contributed by atoms with Gasteiger partial charge >= 0.3 is 0 Å². The second kappa shape index (κ2) is 7.91. The van der Waals surface area contributed by atoms with Crippen molar-refractivity contribution in [1.82, 2.24) is 14.5 Å². The topological polar surface area (TPSA) is 47.8 Å². The van der Waals surface area contributed by atoms with Crippen LogP contribution < -0.4 is 10.4 Å². The van der Waals surface area contributed by atoms with Crippen LogP contribution in [0.3, 0.4) is 0 Å². The normalized spacial score (nSPS) is 18.2. The zero-order valence-corrected chi connectivity index (χ0v) is 19.7. The van der Waals surface area contributed by atoms with Crippen LogP contribution in [-0.4, -0.2) is 20.8 Å². The van der Waals surface area contributed by atoms with E-state index in [1.165, 1.54) is 32.8 Å². The summed E-state index contributed by atoms with van der Waals surface area (Å²) in [5.41, 5.74) is 9.70. The van der Waals surface area contributed by atoms with Gasteiger partial charge in [0.1, 0.15) is 0 Å². The number of carbonyl (C=O) groups is 1. The molecular weight excluding hydrogens is 418 g/mol. The maximum atomic E-state index is 11.5. The largest absolute Gasteiger partial charge is 0.343 e. The number of nitrogens with zero attached hydrogens (tertiary/aromatic N) is 3. The van der Waals surface area contributed by atoms with Crippen LogP contribution in [0, 0.1) is 18.8 Å². The molecule has 168 valence electrons. The fourth-order valence-corrected chi connectivity index (χ4v) is 5.11. The minimum atomic E-state index is 0.478. The lowest BCUT2D eigenvalue weighted by molar-refractivity contribution is 0.112. The molecule has 4 heteroatoms. The summed E-state index contributed by atoms with van der Waals surface area (Å²) >= 11 is 0. The van der Waals surface area contributed by atoms with Crippen LogP contribution in [0.4, 0.5) is 0 Å². The molecule has 2 unspecified atom stereocenters. The molecule has 2 aliphatic rings. The van der Waals surface area contributed by atoms with Crippen molar-refractivity contribution in [2.45, 2.75) is 33.7 Å². The SMILES string of the molecule is Cc1cccc(-c2c(-c3cc(-c4cncc(C=O)c4)c4c(c3)=CC(C)C(C)CC=4)cn3c2C3)n1. The Labute approximate surface area is 199 Å². The number of aromatic nitrogens is 3. The molecular formula is C30H27N3O. The summed E-state index contributed by atoms with van der Waals surface area (Å²) in [6.45, 7) is 7.63. The number of hydrogen-bond donors (Lipinski definition) is 0. The van der Waals surface area contributed by atoms with Crippen molar-refractivity contribution in [1.29, 1.82) is 0 Å². The molecule has 0 bridgehead atoms. The molecule has 0 amide bonds. The van der Waals surface area contributed by atoms with Crippen LogP contribution >= 0.6 is 0 Å². The molecule has 34 heavy (non-hydrogen) atoms. The lowest BCUT2D eigenvalue weighted by atomic mass is 9.92. The molecule has 0 fully saturated rings. The number of aryl methyl sites for hydroxylation is 1. The Morgan fingerprint density at radius 2 is 1.94 bits per heavy atom. The first-order chi connectivity index (χ1) is 16.5. The highest BCUT2D eigenvalue weighted by Gasteiger charge is 2.28. The van der Waals surface area contributed by atoms with E-state index < -0.39 is 0 Å². The van der Waals surface area contributed by atoms with Gasteiger partial charge in [0.25, 0.3) is 0 Å². The molecule has 0 saturated carbocycles. The van der Waals surface area contributed by atoms with Gasteiger partial charge in [-0.2, -0.15) is 0 Å². The summed E-state index contributed by atoms with van der Waals surface area (Å²) in [7, 11) is 0. The predicted octanol–water partition coefficient (Wildman–Crippen LogP) is 5.00. The van der Waals surface area contributed by atoms with Crippen molar-refractivity contribution >= 4 is 18.4 Å². The third kappa shape index (κ3) is 3.50. The number of hydrogen-bond acceptors (Lipinski definition) is 3. The molecule has 2 atom stereocenters. The van der Waals surface area contributed by atoms with E-state index >= 15 is 0 Å². The van der Waals surface area contributed by atoms with Crippen LogP contribution in [-0.2, 0) is 6.54 Å². The van der Waals surface area contributed by atoms with Gasteiger partial charge in [-0.05, 0) is 77.1 Å². The van der Waals surface area contributed by atoms with E-state index in [4.69, 9.17) is 4.98 Å². The predicted molar refractivity (Wildman–Crippen MR) is 137 cm³/mol. The number of benzene rings is 1. The summed E-state index contributed by atoms with van der Waals surface area (Å²) in [6, 6.07) is 12.8. The van der Waals surface area contributed by atoms with E-state index in [0.717, 1.165) is 41.8 Å². The number of rotatable bonds is 4. The first kappa shape index (κ1) is 20.8. The van der Waals surface area contributed by atoms with Crippen LogP contribution in [0.5, 0.6) is 0 Å². The molecule has 0 spiro atoms. The lowest BCUT2D eigenvalue weighted by Crippen LogP contribution is -2.27. The van der Waals surface area contributed by atoms with Crippen LogP contribution in [0.25, 0.3) is 45.7 Å². The average Bonchev–Trinajstić information content (AvgIpc) is 3.54. The smallest absolute Gasteiger partial charge is 0.151 e. The summed E-state index contributed by atoms with van der Waals surface area (Å²) in [5.74, 6) is 1.05. The molecule has 1 aliphatic carbocycles. The highest BCUT2D eigenvalue weighted by atomic mass is 16.1. The van der Waals surface area contributed by atoms with E-state index in [-0.39, 0.29) is 0 Å². The fraction of sp³-hybridized carbons (Fsp3) is 0.233. The molecule has 3 aromatic heterocycles. The first-order valence-corrected chi connectivity index (χ1v) is 11.9. The van der Waals surface area contributed by atoms with Crippen LogP contribution in [0.1, 0.15) is 42.0 Å². The van der Waals surface area contributed by atoms with Gasteiger partial charge < -0.3 is 4.57 Å². The van der Waals surface area contributed by atoms with Gasteiger partial charge in [0.15, 0.2) is 6.29 Å². The zero-order valence-electron chi connectivity index (χ0n) is 19.7. The van der Waals surface area contributed by atoms with Crippen molar-refractivity contribution < 1.29 is 4.79 Å². The first-order valence-electron chi connectivity index (χ1n) is 11.9. The molecule has 0 radical (unpaired) electrons. The highest BCUT2D eigenvalue weighted by molar-refractivity contribution is 5.88. The van der Waals surface area contributed by atoms with Crippen molar-refractivity contribution in [2.24, 2.45) is 11.8 Å². The molecule has 0 saturated heterocycles. The maximum absolute atomic E-state index is 11.5. The van der Waals surface area contributed by atoms with Gasteiger partial charge in [-0.15, -0.1) is 0 Å². The minimum Gasteiger partial charge on any atom is -0.343 e. The van der Waals surface area contributed by atoms with Crippen molar-refractivity contribution in [3.05, 3.63) is 82.4 Å². The maximum Gasteiger partial charge on any atom is 0.151 e. The number of fused-ring (bicyclic) bond motifs is 2. The van der Waals surface area contributed by atoms with Crippen LogP contribution in [0.2, 0.25) is 0 Å². The number of aldehydes is 1. The Kier molecular flexibility index (Phi) is 4.84. The monoisotopic (exact) mass is 445 g/mol.